The van der Waals surface area contributed by atoms with Crippen molar-refractivity contribution in [2.75, 3.05) is 6.54 Å². The van der Waals surface area contributed by atoms with Gasteiger partial charge in [0.25, 0.3) is 5.89 Å². The van der Waals surface area contributed by atoms with E-state index in [1.165, 1.54) is 6.07 Å². The molecular weight excluding hydrogens is 470 g/mol. The number of carbonyl (C=O) groups excluding carboxylic acids is 1. The van der Waals surface area contributed by atoms with Gasteiger partial charge in [0.2, 0.25) is 15.8 Å². The zero-order valence-electron chi connectivity index (χ0n) is 17.9. The maximum atomic E-state index is 13.2. The molecule has 0 aliphatic carbocycles. The molecule has 2 heterocycles. The van der Waals surface area contributed by atoms with E-state index in [2.05, 4.69) is 10.1 Å². The first-order valence-corrected chi connectivity index (χ1v) is 12.0. The second-order valence-corrected chi connectivity index (χ2v) is 10.1. The molecule has 0 saturated carbocycles. The second kappa shape index (κ2) is 9.22. The van der Waals surface area contributed by atoms with Crippen LogP contribution in [0, 0.1) is 13.8 Å². The predicted octanol–water partition coefficient (Wildman–Crippen LogP) is 2.87. The fourth-order valence-corrected chi connectivity index (χ4v) is 5.49. The van der Waals surface area contributed by atoms with E-state index in [-0.39, 0.29) is 36.2 Å². The highest BCUT2D eigenvalue weighted by Crippen LogP contribution is 2.29. The molecule has 9 nitrogen and oxygen atoms in total. The number of aliphatic hydroxyl groups is 1. The van der Waals surface area contributed by atoms with E-state index in [0.717, 1.165) is 15.4 Å². The molecule has 4 rings (SSSR count). The van der Waals surface area contributed by atoms with Crippen LogP contribution in [0.4, 0.5) is 0 Å². The van der Waals surface area contributed by atoms with Gasteiger partial charge in [0, 0.05) is 13.0 Å². The normalized spacial score (nSPS) is 19.0. The predicted molar refractivity (Wildman–Crippen MR) is 119 cm³/mol. The van der Waals surface area contributed by atoms with Crippen LogP contribution in [0.15, 0.2) is 51.9 Å². The van der Waals surface area contributed by atoms with Crippen LogP contribution < -0.4 is 0 Å². The fourth-order valence-electron chi connectivity index (χ4n) is 3.56. The van der Waals surface area contributed by atoms with Gasteiger partial charge in [-0.05, 0) is 49.2 Å². The fraction of sp³-hybridized carbons (Fsp3) is 0.318. The van der Waals surface area contributed by atoms with Gasteiger partial charge in [0.05, 0.1) is 21.6 Å². The molecule has 1 fully saturated rings. The SMILES string of the molecule is Cc1ccc(S(=O)(=O)N2CC(O)C[C@H]2C(=O)OCc2noc(-c3ccccc3Cl)n2)cc1C. The Morgan fingerprint density at radius 3 is 2.73 bits per heavy atom. The number of carbonyl (C=O) groups is 1. The molecule has 2 aromatic carbocycles. The van der Waals surface area contributed by atoms with Crippen molar-refractivity contribution in [1.82, 2.24) is 14.4 Å². The Kier molecular flexibility index (Phi) is 6.53. The molecule has 1 aromatic heterocycles. The Hall–Kier alpha value is -2.79. The number of aliphatic hydroxyl groups excluding tert-OH is 1. The highest BCUT2D eigenvalue weighted by Gasteiger charge is 2.44. The van der Waals surface area contributed by atoms with Crippen LogP contribution >= 0.6 is 11.6 Å². The van der Waals surface area contributed by atoms with Crippen molar-refractivity contribution in [3.8, 4) is 11.5 Å². The number of sulfonamides is 1. The van der Waals surface area contributed by atoms with Gasteiger partial charge in [-0.1, -0.05) is 35.0 Å². The van der Waals surface area contributed by atoms with Gasteiger partial charge < -0.3 is 14.4 Å². The molecule has 1 unspecified atom stereocenters. The smallest absolute Gasteiger partial charge is 0.325 e. The van der Waals surface area contributed by atoms with Crippen LogP contribution in [0.1, 0.15) is 23.4 Å². The zero-order chi connectivity index (χ0) is 23.8. The molecule has 0 bridgehead atoms. The summed E-state index contributed by atoms with van der Waals surface area (Å²) in [5.74, 6) is -0.537. The maximum Gasteiger partial charge on any atom is 0.325 e. The Balaban J connectivity index is 1.48. The van der Waals surface area contributed by atoms with Crippen LogP contribution in [0.3, 0.4) is 0 Å². The number of aromatic nitrogens is 2. The van der Waals surface area contributed by atoms with Crippen molar-refractivity contribution in [2.24, 2.45) is 0 Å². The summed E-state index contributed by atoms with van der Waals surface area (Å²) >= 11 is 6.12. The third kappa shape index (κ3) is 4.79. The lowest BCUT2D eigenvalue weighted by Crippen LogP contribution is -2.41. The Morgan fingerprint density at radius 2 is 2.00 bits per heavy atom. The molecule has 3 aromatic rings. The van der Waals surface area contributed by atoms with Crippen molar-refractivity contribution in [3.05, 3.63) is 64.4 Å². The van der Waals surface area contributed by atoms with Crippen molar-refractivity contribution in [1.29, 1.82) is 0 Å². The topological polar surface area (TPSA) is 123 Å². The van der Waals surface area contributed by atoms with Gasteiger partial charge in [0.1, 0.15) is 6.04 Å². The first-order valence-electron chi connectivity index (χ1n) is 10.2. The Labute approximate surface area is 196 Å². The summed E-state index contributed by atoms with van der Waals surface area (Å²) in [6.07, 6.45) is -1.05. The van der Waals surface area contributed by atoms with E-state index in [1.54, 1.807) is 43.3 Å². The van der Waals surface area contributed by atoms with Crippen LogP contribution in [-0.4, -0.2) is 52.6 Å². The van der Waals surface area contributed by atoms with Crippen LogP contribution in [0.5, 0.6) is 0 Å². The number of aryl methyl sites for hydroxylation is 2. The minimum atomic E-state index is -4.02. The molecule has 2 atom stereocenters. The summed E-state index contributed by atoms with van der Waals surface area (Å²) in [5, 5.41) is 14.3. The number of nitrogens with zero attached hydrogens (tertiary/aromatic N) is 3. The number of esters is 1. The Morgan fingerprint density at radius 1 is 1.24 bits per heavy atom. The van der Waals surface area contributed by atoms with Crippen LogP contribution in [-0.2, 0) is 26.2 Å². The quantitative estimate of drug-likeness (QED) is 0.522. The summed E-state index contributed by atoms with van der Waals surface area (Å²) in [6.45, 7) is 3.16. The minimum Gasteiger partial charge on any atom is -0.456 e. The molecule has 11 heteroatoms. The van der Waals surface area contributed by atoms with Gasteiger partial charge in [0.15, 0.2) is 6.61 Å². The number of ether oxygens (including phenoxy) is 1. The summed E-state index contributed by atoms with van der Waals surface area (Å²) in [6, 6.07) is 10.5. The lowest BCUT2D eigenvalue weighted by atomic mass is 10.1. The third-order valence-corrected chi connectivity index (χ3v) is 7.71. The van der Waals surface area contributed by atoms with E-state index in [0.29, 0.717) is 10.6 Å². The first kappa shape index (κ1) is 23.4. The Bertz CT molecular complexity index is 1290. The molecular formula is C22H22ClN3O6S. The van der Waals surface area contributed by atoms with E-state index in [1.807, 2.05) is 6.92 Å². The number of hydrogen-bond donors (Lipinski definition) is 1. The van der Waals surface area contributed by atoms with E-state index < -0.39 is 28.1 Å². The molecule has 1 aliphatic rings. The summed E-state index contributed by atoms with van der Waals surface area (Å²) < 4.78 is 37.8. The lowest BCUT2D eigenvalue weighted by molar-refractivity contribution is -0.149. The summed E-state index contributed by atoms with van der Waals surface area (Å²) in [7, 11) is -4.02. The minimum absolute atomic E-state index is 0.0556. The molecule has 174 valence electrons. The van der Waals surface area contributed by atoms with Crippen molar-refractivity contribution in [3.63, 3.8) is 0 Å². The average Bonchev–Trinajstić information content (AvgIpc) is 3.41. The standard InChI is InChI=1S/C22H22ClN3O6S/c1-13-7-8-16(9-14(13)2)33(29,30)26-11-15(27)10-19(26)22(28)31-12-20-24-21(32-25-20)17-5-3-4-6-18(17)23/h3-9,15,19,27H,10-12H2,1-2H3/t15?,19-/m0/s1. The molecule has 1 aliphatic heterocycles. The van der Waals surface area contributed by atoms with Gasteiger partial charge in [-0.2, -0.15) is 9.29 Å². The molecule has 1 saturated heterocycles. The number of rotatable bonds is 6. The summed E-state index contributed by atoms with van der Waals surface area (Å²) in [5.41, 5.74) is 2.29. The van der Waals surface area contributed by atoms with Crippen molar-refractivity contribution in [2.45, 2.75) is 43.9 Å². The van der Waals surface area contributed by atoms with Gasteiger partial charge in [-0.3, -0.25) is 4.79 Å². The van der Waals surface area contributed by atoms with Gasteiger partial charge in [-0.15, -0.1) is 0 Å². The van der Waals surface area contributed by atoms with Gasteiger partial charge >= 0.3 is 5.97 Å². The third-order valence-electron chi connectivity index (χ3n) is 5.51. The van der Waals surface area contributed by atoms with Crippen LogP contribution in [0.2, 0.25) is 5.02 Å². The van der Waals surface area contributed by atoms with Crippen molar-refractivity contribution >= 4 is 27.6 Å². The largest absolute Gasteiger partial charge is 0.456 e. The number of hydrogen-bond acceptors (Lipinski definition) is 8. The lowest BCUT2D eigenvalue weighted by Gasteiger charge is -2.22. The van der Waals surface area contributed by atoms with E-state index in [4.69, 9.17) is 20.9 Å². The molecule has 0 spiro atoms. The molecule has 1 N–H and O–H groups in total. The maximum absolute atomic E-state index is 13.2. The van der Waals surface area contributed by atoms with Crippen molar-refractivity contribution < 1.29 is 27.6 Å². The van der Waals surface area contributed by atoms with Crippen LogP contribution in [0.25, 0.3) is 11.5 Å². The van der Waals surface area contributed by atoms with Gasteiger partial charge in [-0.25, -0.2) is 8.42 Å². The highest BCUT2D eigenvalue weighted by molar-refractivity contribution is 7.89. The average molecular weight is 492 g/mol. The second-order valence-electron chi connectivity index (χ2n) is 7.83. The zero-order valence-corrected chi connectivity index (χ0v) is 19.5. The monoisotopic (exact) mass is 491 g/mol. The molecule has 33 heavy (non-hydrogen) atoms. The summed E-state index contributed by atoms with van der Waals surface area (Å²) in [4.78, 5) is 17.0. The first-order chi connectivity index (χ1) is 15.7. The number of β-amino-alcohol motifs (C(OH)–C–C–N with tert-alkyl or cyclic N) is 1. The molecule has 0 amide bonds. The molecule has 0 radical (unpaired) electrons. The highest BCUT2D eigenvalue weighted by atomic mass is 35.5. The van der Waals surface area contributed by atoms with E-state index in [9.17, 15) is 18.3 Å². The number of halogens is 1. The van der Waals surface area contributed by atoms with E-state index >= 15 is 0 Å². The number of benzene rings is 2.